The smallest absolute Gasteiger partial charge is 0.314 e. The van der Waals surface area contributed by atoms with Gasteiger partial charge >= 0.3 is 6.03 Å². The Kier molecular flexibility index (Phi) is 5.64. The lowest BCUT2D eigenvalue weighted by Gasteiger charge is -2.39. The molecule has 2 amide bonds. The highest BCUT2D eigenvalue weighted by molar-refractivity contribution is 5.74. The molecule has 5 nitrogen and oxygen atoms in total. The van der Waals surface area contributed by atoms with Crippen LogP contribution in [0.15, 0.2) is 24.3 Å². The van der Waals surface area contributed by atoms with Crippen molar-refractivity contribution in [1.82, 2.24) is 10.6 Å². The number of carbonyl (C=O) groups is 1. The van der Waals surface area contributed by atoms with E-state index >= 15 is 0 Å². The van der Waals surface area contributed by atoms with E-state index in [-0.39, 0.29) is 11.4 Å². The first-order valence-corrected chi connectivity index (χ1v) is 9.41. The molecule has 1 aromatic rings. The van der Waals surface area contributed by atoms with Gasteiger partial charge in [0.25, 0.3) is 0 Å². The Balaban J connectivity index is 1.61. The molecule has 5 heteroatoms. The standard InChI is InChI=1S/C20H30N2O3/c1-16-6-2-3-7-17(16)19(10-12-25-13-11-19)14-21-18(23)22-15-20(24)8-4-5-9-20/h2-3,6-7,24H,4-5,8-15H2,1H3,(H2,21,22,23). The van der Waals surface area contributed by atoms with Gasteiger partial charge < -0.3 is 20.5 Å². The second-order valence-corrected chi connectivity index (χ2v) is 7.68. The molecule has 0 radical (unpaired) electrons. The number of aliphatic hydroxyl groups is 1. The molecule has 1 saturated carbocycles. The zero-order chi connectivity index (χ0) is 17.8. The van der Waals surface area contributed by atoms with Gasteiger partial charge in [-0.3, -0.25) is 0 Å². The highest BCUT2D eigenvalue weighted by atomic mass is 16.5. The number of aryl methyl sites for hydroxylation is 1. The van der Waals surface area contributed by atoms with E-state index in [1.165, 1.54) is 11.1 Å². The molecule has 2 fully saturated rings. The summed E-state index contributed by atoms with van der Waals surface area (Å²) in [6, 6.07) is 8.22. The van der Waals surface area contributed by atoms with Gasteiger partial charge in [0.15, 0.2) is 0 Å². The van der Waals surface area contributed by atoms with Gasteiger partial charge in [-0.2, -0.15) is 0 Å². The molecule has 1 heterocycles. The van der Waals surface area contributed by atoms with Gasteiger partial charge in [-0.1, -0.05) is 37.1 Å². The van der Waals surface area contributed by atoms with Crippen LogP contribution >= 0.6 is 0 Å². The molecule has 3 N–H and O–H groups in total. The number of amides is 2. The number of rotatable bonds is 5. The normalized spacial score (nSPS) is 21.7. The van der Waals surface area contributed by atoms with Crippen molar-refractivity contribution in [3.63, 3.8) is 0 Å². The minimum atomic E-state index is -0.719. The van der Waals surface area contributed by atoms with E-state index in [1.54, 1.807) is 0 Å². The van der Waals surface area contributed by atoms with Crippen LogP contribution in [0, 0.1) is 6.92 Å². The van der Waals surface area contributed by atoms with Gasteiger partial charge in [0.05, 0.1) is 5.60 Å². The third-order valence-electron chi connectivity index (χ3n) is 5.87. The average molecular weight is 346 g/mol. The Labute approximate surface area is 150 Å². The number of hydrogen-bond donors (Lipinski definition) is 3. The van der Waals surface area contributed by atoms with Gasteiger partial charge in [0.2, 0.25) is 0 Å². The van der Waals surface area contributed by atoms with Crippen LogP contribution in [-0.2, 0) is 10.2 Å². The molecule has 1 aromatic carbocycles. The fourth-order valence-corrected chi connectivity index (χ4v) is 4.24. The van der Waals surface area contributed by atoms with Crippen LogP contribution in [0.4, 0.5) is 4.79 Å². The Morgan fingerprint density at radius 2 is 1.72 bits per heavy atom. The lowest BCUT2D eigenvalue weighted by molar-refractivity contribution is 0.0473. The zero-order valence-electron chi connectivity index (χ0n) is 15.1. The maximum absolute atomic E-state index is 12.3. The van der Waals surface area contributed by atoms with Gasteiger partial charge in [-0.25, -0.2) is 4.79 Å². The highest BCUT2D eigenvalue weighted by Gasteiger charge is 2.36. The Hall–Kier alpha value is -1.59. The van der Waals surface area contributed by atoms with Crippen LogP contribution in [0.5, 0.6) is 0 Å². The molecule has 0 spiro atoms. The lowest BCUT2D eigenvalue weighted by Crippen LogP contribution is -2.50. The van der Waals surface area contributed by atoms with Crippen LogP contribution in [0.25, 0.3) is 0 Å². The van der Waals surface area contributed by atoms with Crippen molar-refractivity contribution in [2.24, 2.45) is 0 Å². The second kappa shape index (κ2) is 7.75. The minimum absolute atomic E-state index is 0.0782. The summed E-state index contributed by atoms with van der Waals surface area (Å²) < 4.78 is 5.56. The fourth-order valence-electron chi connectivity index (χ4n) is 4.24. The summed E-state index contributed by atoms with van der Waals surface area (Å²) in [4.78, 5) is 12.3. The monoisotopic (exact) mass is 346 g/mol. The Morgan fingerprint density at radius 1 is 1.08 bits per heavy atom. The van der Waals surface area contributed by atoms with Gasteiger partial charge in [0.1, 0.15) is 0 Å². The molecule has 1 aliphatic carbocycles. The van der Waals surface area contributed by atoms with Crippen LogP contribution < -0.4 is 10.6 Å². The summed E-state index contributed by atoms with van der Waals surface area (Å²) in [5.74, 6) is 0. The summed E-state index contributed by atoms with van der Waals surface area (Å²) in [6.07, 6.45) is 5.44. The van der Waals surface area contributed by atoms with Crippen molar-refractivity contribution in [1.29, 1.82) is 0 Å². The predicted octanol–water partition coefficient (Wildman–Crippen LogP) is 2.65. The Bertz CT molecular complexity index is 590. The quantitative estimate of drug-likeness (QED) is 0.768. The molecule has 1 aliphatic heterocycles. The molecular formula is C20H30N2O3. The van der Waals surface area contributed by atoms with Crippen molar-refractivity contribution in [3.05, 3.63) is 35.4 Å². The van der Waals surface area contributed by atoms with Crippen molar-refractivity contribution in [3.8, 4) is 0 Å². The fraction of sp³-hybridized carbons (Fsp3) is 0.650. The molecule has 0 unspecified atom stereocenters. The average Bonchev–Trinajstić information content (AvgIpc) is 3.06. The Morgan fingerprint density at radius 3 is 2.40 bits per heavy atom. The molecular weight excluding hydrogens is 316 g/mol. The molecule has 25 heavy (non-hydrogen) atoms. The molecule has 1 saturated heterocycles. The van der Waals surface area contributed by atoms with Crippen LogP contribution in [0.1, 0.15) is 49.7 Å². The molecule has 0 bridgehead atoms. The van der Waals surface area contributed by atoms with E-state index in [1.807, 2.05) is 6.07 Å². The van der Waals surface area contributed by atoms with Crippen LogP contribution in [0.2, 0.25) is 0 Å². The number of ether oxygens (including phenoxy) is 1. The number of urea groups is 1. The first kappa shape index (κ1) is 18.2. The van der Waals surface area contributed by atoms with Crippen molar-refractivity contribution >= 4 is 6.03 Å². The first-order valence-electron chi connectivity index (χ1n) is 9.41. The SMILES string of the molecule is Cc1ccccc1C1(CNC(=O)NCC2(O)CCCC2)CCOCC1. The minimum Gasteiger partial charge on any atom is -0.388 e. The first-order chi connectivity index (χ1) is 12.0. The van der Waals surface area contributed by atoms with E-state index in [0.717, 1.165) is 51.7 Å². The van der Waals surface area contributed by atoms with E-state index < -0.39 is 5.60 Å². The summed E-state index contributed by atoms with van der Waals surface area (Å²) in [6.45, 7) is 4.49. The lowest BCUT2D eigenvalue weighted by atomic mass is 9.72. The van der Waals surface area contributed by atoms with Gasteiger partial charge in [-0.05, 0) is 43.7 Å². The number of carbonyl (C=O) groups excluding carboxylic acids is 1. The van der Waals surface area contributed by atoms with Crippen LogP contribution in [-0.4, -0.2) is 43.0 Å². The maximum Gasteiger partial charge on any atom is 0.314 e. The molecule has 3 rings (SSSR count). The summed E-state index contributed by atoms with van der Waals surface area (Å²) in [7, 11) is 0. The van der Waals surface area contributed by atoms with E-state index in [0.29, 0.717) is 13.1 Å². The zero-order valence-corrected chi connectivity index (χ0v) is 15.1. The maximum atomic E-state index is 12.3. The number of benzene rings is 1. The van der Waals surface area contributed by atoms with Crippen molar-refractivity contribution in [2.75, 3.05) is 26.3 Å². The highest BCUT2D eigenvalue weighted by Crippen LogP contribution is 2.36. The van der Waals surface area contributed by atoms with E-state index in [9.17, 15) is 9.90 Å². The number of nitrogens with one attached hydrogen (secondary N) is 2. The van der Waals surface area contributed by atoms with Crippen LogP contribution in [0.3, 0.4) is 0 Å². The van der Waals surface area contributed by atoms with Crippen molar-refractivity contribution < 1.29 is 14.6 Å². The third kappa shape index (κ3) is 4.33. The second-order valence-electron chi connectivity index (χ2n) is 7.68. The van der Waals surface area contributed by atoms with E-state index in [4.69, 9.17) is 4.74 Å². The van der Waals surface area contributed by atoms with Gasteiger partial charge in [0, 0.05) is 31.7 Å². The molecule has 2 aliphatic rings. The number of hydrogen-bond acceptors (Lipinski definition) is 3. The van der Waals surface area contributed by atoms with Crippen molar-refractivity contribution in [2.45, 2.75) is 56.5 Å². The largest absolute Gasteiger partial charge is 0.388 e. The summed E-state index contributed by atoms with van der Waals surface area (Å²) >= 11 is 0. The summed E-state index contributed by atoms with van der Waals surface area (Å²) in [5, 5.41) is 16.3. The third-order valence-corrected chi connectivity index (χ3v) is 5.87. The van der Waals surface area contributed by atoms with E-state index in [2.05, 4.69) is 35.8 Å². The molecule has 0 aromatic heterocycles. The summed E-state index contributed by atoms with van der Waals surface area (Å²) in [5.41, 5.74) is 1.76. The topological polar surface area (TPSA) is 70.6 Å². The molecule has 138 valence electrons. The predicted molar refractivity (Wildman–Crippen MR) is 97.7 cm³/mol. The molecule has 0 atom stereocenters. The van der Waals surface area contributed by atoms with Gasteiger partial charge in [-0.15, -0.1) is 0 Å².